The fourth-order valence-electron chi connectivity index (χ4n) is 3.70. The third kappa shape index (κ3) is 4.14. The number of rotatable bonds is 6. The molecule has 170 valence electrons. The Bertz CT molecular complexity index is 1410. The van der Waals surface area contributed by atoms with Gasteiger partial charge < -0.3 is 14.8 Å². The van der Waals surface area contributed by atoms with Crippen LogP contribution < -0.4 is 20.3 Å². The van der Waals surface area contributed by atoms with Crippen LogP contribution in [0.4, 0.5) is 5.69 Å². The Morgan fingerprint density at radius 3 is 2.42 bits per heavy atom. The second-order valence-electron chi connectivity index (χ2n) is 7.34. The lowest BCUT2D eigenvalue weighted by Gasteiger charge is -2.13. The summed E-state index contributed by atoms with van der Waals surface area (Å²) >= 11 is 6.17. The fourth-order valence-corrected chi connectivity index (χ4v) is 3.94. The number of anilines is 1. The summed E-state index contributed by atoms with van der Waals surface area (Å²) in [4.78, 5) is 25.9. The number of amides is 1. The number of carbonyl (C=O) groups excluding carboxylic acids is 1. The lowest BCUT2D eigenvalue weighted by Crippen LogP contribution is -2.30. The number of nitrogens with zero attached hydrogens (tertiary/aromatic N) is 4. The Hall–Kier alpha value is -3.85. The van der Waals surface area contributed by atoms with E-state index < -0.39 is 11.5 Å². The molecular weight excluding hydrogens is 446 g/mol. The monoisotopic (exact) mass is 467 g/mol. The molecule has 4 aromatic rings. The molecule has 2 heterocycles. The van der Waals surface area contributed by atoms with Gasteiger partial charge in [0.1, 0.15) is 18.0 Å². The van der Waals surface area contributed by atoms with Gasteiger partial charge in [0.05, 0.1) is 47.4 Å². The summed E-state index contributed by atoms with van der Waals surface area (Å²) in [6, 6.07) is 12.6. The van der Waals surface area contributed by atoms with Gasteiger partial charge in [0.15, 0.2) is 5.52 Å². The van der Waals surface area contributed by atoms with Crippen molar-refractivity contribution in [3.05, 3.63) is 69.2 Å². The number of benzene rings is 2. The number of ether oxygens (including phenoxy) is 2. The lowest BCUT2D eigenvalue weighted by molar-refractivity contribution is -0.117. The molecule has 4 rings (SSSR count). The molecule has 2 aromatic carbocycles. The van der Waals surface area contributed by atoms with Gasteiger partial charge in [0.25, 0.3) is 5.56 Å². The first-order valence-electron chi connectivity index (χ1n) is 10.1. The van der Waals surface area contributed by atoms with Gasteiger partial charge in [-0.25, -0.2) is 9.36 Å². The van der Waals surface area contributed by atoms with Gasteiger partial charge >= 0.3 is 0 Å². The maximum atomic E-state index is 13.1. The first kappa shape index (κ1) is 22.3. The van der Waals surface area contributed by atoms with Crippen molar-refractivity contribution in [2.24, 2.45) is 0 Å². The zero-order chi connectivity index (χ0) is 23.7. The minimum absolute atomic E-state index is 0.252. The van der Waals surface area contributed by atoms with Crippen molar-refractivity contribution >= 4 is 34.1 Å². The van der Waals surface area contributed by atoms with Crippen LogP contribution in [0.2, 0.25) is 5.02 Å². The summed E-state index contributed by atoms with van der Waals surface area (Å²) < 4.78 is 13.3. The van der Waals surface area contributed by atoms with Gasteiger partial charge in [-0.15, -0.1) is 0 Å². The maximum absolute atomic E-state index is 13.1. The van der Waals surface area contributed by atoms with Crippen LogP contribution in [0, 0.1) is 13.8 Å². The molecule has 0 saturated carbocycles. The van der Waals surface area contributed by atoms with Crippen LogP contribution in [-0.2, 0) is 11.3 Å². The molecule has 9 nitrogen and oxygen atoms in total. The number of aromatic nitrogens is 4. The van der Waals surface area contributed by atoms with Gasteiger partial charge in [-0.1, -0.05) is 29.8 Å². The van der Waals surface area contributed by atoms with Crippen molar-refractivity contribution < 1.29 is 14.3 Å². The SMILES string of the molecule is COc1cc(OC)c(NC(=O)Cn2nc(C)c3c(C)n(-c4ccccc4)nc3c2=O)cc1Cl. The van der Waals surface area contributed by atoms with Crippen molar-refractivity contribution in [1.82, 2.24) is 19.6 Å². The Labute approximate surface area is 194 Å². The van der Waals surface area contributed by atoms with Gasteiger partial charge in [-0.05, 0) is 32.0 Å². The van der Waals surface area contributed by atoms with Crippen molar-refractivity contribution in [2.45, 2.75) is 20.4 Å². The van der Waals surface area contributed by atoms with Crippen LogP contribution in [-0.4, -0.2) is 39.7 Å². The number of para-hydroxylation sites is 1. The van der Waals surface area contributed by atoms with E-state index in [1.807, 2.05) is 37.3 Å². The molecule has 33 heavy (non-hydrogen) atoms. The molecule has 0 unspecified atom stereocenters. The van der Waals surface area contributed by atoms with E-state index in [2.05, 4.69) is 15.5 Å². The van der Waals surface area contributed by atoms with Gasteiger partial charge in [0, 0.05) is 6.07 Å². The minimum Gasteiger partial charge on any atom is -0.495 e. The highest BCUT2D eigenvalue weighted by Gasteiger charge is 2.19. The standard InChI is InChI=1S/C23H22ClN5O4/c1-13-21-14(2)29(15-8-6-5-7-9-15)27-22(21)23(31)28(26-13)12-20(30)25-17-10-16(24)18(32-3)11-19(17)33-4/h5-11H,12H2,1-4H3,(H,25,30). The van der Waals surface area contributed by atoms with Crippen LogP contribution in [0.15, 0.2) is 47.3 Å². The highest BCUT2D eigenvalue weighted by molar-refractivity contribution is 6.32. The Morgan fingerprint density at radius 1 is 1.06 bits per heavy atom. The van der Waals surface area contributed by atoms with Crippen LogP contribution in [0.3, 0.4) is 0 Å². The molecule has 0 atom stereocenters. The van der Waals surface area contributed by atoms with Crippen molar-refractivity contribution in [2.75, 3.05) is 19.5 Å². The Morgan fingerprint density at radius 2 is 1.76 bits per heavy atom. The van der Waals surface area contributed by atoms with Crippen molar-refractivity contribution in [1.29, 1.82) is 0 Å². The second-order valence-corrected chi connectivity index (χ2v) is 7.75. The maximum Gasteiger partial charge on any atom is 0.295 e. The largest absolute Gasteiger partial charge is 0.495 e. The van der Waals surface area contributed by atoms with Gasteiger partial charge in [0.2, 0.25) is 5.91 Å². The molecule has 1 amide bonds. The molecule has 0 radical (unpaired) electrons. The molecule has 0 aliphatic carbocycles. The predicted octanol–water partition coefficient (Wildman–Crippen LogP) is 3.51. The van der Waals surface area contributed by atoms with Crippen LogP contribution >= 0.6 is 11.6 Å². The number of methoxy groups -OCH3 is 2. The quantitative estimate of drug-likeness (QED) is 0.465. The fraction of sp³-hybridized carbons (Fsp3) is 0.217. The highest BCUT2D eigenvalue weighted by atomic mass is 35.5. The van der Waals surface area contributed by atoms with E-state index in [1.165, 1.54) is 20.3 Å². The van der Waals surface area contributed by atoms with Crippen LogP contribution in [0.1, 0.15) is 11.4 Å². The van der Waals surface area contributed by atoms with Gasteiger partial charge in [-0.3, -0.25) is 9.59 Å². The summed E-state index contributed by atoms with van der Waals surface area (Å²) in [5.41, 5.74) is 2.38. The van der Waals surface area contributed by atoms with E-state index in [4.69, 9.17) is 21.1 Å². The van der Waals surface area contributed by atoms with E-state index in [1.54, 1.807) is 17.7 Å². The van der Waals surface area contributed by atoms with E-state index >= 15 is 0 Å². The second kappa shape index (κ2) is 8.95. The lowest BCUT2D eigenvalue weighted by atomic mass is 10.2. The minimum atomic E-state index is -0.470. The average Bonchev–Trinajstić information content (AvgIpc) is 3.16. The van der Waals surface area contributed by atoms with Crippen LogP contribution in [0.25, 0.3) is 16.6 Å². The Kier molecular flexibility index (Phi) is 6.06. The third-order valence-electron chi connectivity index (χ3n) is 5.23. The number of hydrogen-bond acceptors (Lipinski definition) is 6. The molecule has 0 aliphatic rings. The van der Waals surface area contributed by atoms with E-state index in [0.29, 0.717) is 33.3 Å². The topological polar surface area (TPSA) is 100 Å². The summed E-state index contributed by atoms with van der Waals surface area (Å²) in [5, 5.41) is 12.6. The molecule has 0 aliphatic heterocycles. The molecule has 1 N–H and O–H groups in total. The molecule has 2 aromatic heterocycles. The molecule has 0 fully saturated rings. The zero-order valence-electron chi connectivity index (χ0n) is 18.5. The molecule has 10 heteroatoms. The first-order chi connectivity index (χ1) is 15.8. The van der Waals surface area contributed by atoms with Crippen molar-refractivity contribution in [3.63, 3.8) is 0 Å². The average molecular weight is 468 g/mol. The van der Waals surface area contributed by atoms with E-state index in [9.17, 15) is 9.59 Å². The number of halogens is 1. The van der Waals surface area contributed by atoms with Gasteiger partial charge in [-0.2, -0.15) is 10.2 Å². The van der Waals surface area contributed by atoms with Crippen LogP contribution in [0.5, 0.6) is 11.5 Å². The summed E-state index contributed by atoms with van der Waals surface area (Å²) in [5.74, 6) is 0.311. The molecule has 0 saturated heterocycles. The van der Waals surface area contributed by atoms with Crippen molar-refractivity contribution in [3.8, 4) is 17.2 Å². The zero-order valence-corrected chi connectivity index (χ0v) is 19.3. The number of carbonyl (C=O) groups is 1. The number of fused-ring (bicyclic) bond motifs is 1. The first-order valence-corrected chi connectivity index (χ1v) is 10.5. The summed E-state index contributed by atoms with van der Waals surface area (Å²) in [6.45, 7) is 3.36. The number of nitrogens with one attached hydrogen (secondary N) is 1. The number of hydrogen-bond donors (Lipinski definition) is 1. The highest BCUT2D eigenvalue weighted by Crippen LogP contribution is 2.35. The normalized spacial score (nSPS) is 10.9. The third-order valence-corrected chi connectivity index (χ3v) is 5.52. The molecular formula is C23H22ClN5O4. The Balaban J connectivity index is 1.67. The van der Waals surface area contributed by atoms with E-state index in [-0.39, 0.29) is 12.1 Å². The molecule has 0 bridgehead atoms. The van der Waals surface area contributed by atoms with E-state index in [0.717, 1.165) is 16.1 Å². The summed E-state index contributed by atoms with van der Waals surface area (Å²) in [7, 11) is 2.95. The predicted molar refractivity (Wildman–Crippen MR) is 126 cm³/mol. The summed E-state index contributed by atoms with van der Waals surface area (Å²) in [6.07, 6.45) is 0. The smallest absolute Gasteiger partial charge is 0.295 e. The molecule has 0 spiro atoms. The number of aryl methyl sites for hydroxylation is 2.